The molecule has 1 aliphatic rings. The lowest BCUT2D eigenvalue weighted by Gasteiger charge is -2.33. The summed E-state index contributed by atoms with van der Waals surface area (Å²) >= 11 is 5.71. The Labute approximate surface area is 164 Å². The molecule has 4 heteroatoms. The van der Waals surface area contributed by atoms with Crippen LogP contribution in [-0.4, -0.2) is 5.92 Å². The molecule has 0 amide bonds. The SMILES string of the molecule is CCCC1CCC(C(F)(F)Cc2ccc(-c3ccc(Cl)c(F)c3)cc2)CC1. The van der Waals surface area contributed by atoms with Crippen LogP contribution in [0.5, 0.6) is 0 Å². The van der Waals surface area contributed by atoms with Gasteiger partial charge in [0.05, 0.1) is 5.02 Å². The van der Waals surface area contributed by atoms with Crippen molar-refractivity contribution in [3.63, 3.8) is 0 Å². The van der Waals surface area contributed by atoms with Crippen molar-refractivity contribution in [3.05, 3.63) is 58.9 Å². The number of rotatable bonds is 6. The minimum atomic E-state index is -2.68. The normalized spacial score (nSPS) is 20.6. The maximum absolute atomic E-state index is 14.8. The van der Waals surface area contributed by atoms with E-state index in [9.17, 15) is 13.2 Å². The molecule has 1 fully saturated rings. The van der Waals surface area contributed by atoms with E-state index in [-0.39, 0.29) is 11.4 Å². The van der Waals surface area contributed by atoms with Gasteiger partial charge in [-0.1, -0.05) is 61.7 Å². The average Bonchev–Trinajstić information content (AvgIpc) is 2.65. The summed E-state index contributed by atoms with van der Waals surface area (Å²) in [5.41, 5.74) is 2.09. The Morgan fingerprint density at radius 2 is 1.59 bits per heavy atom. The molecule has 3 rings (SSSR count). The lowest BCUT2D eigenvalue weighted by Crippen LogP contribution is -2.34. The van der Waals surface area contributed by atoms with Crippen LogP contribution in [0.3, 0.4) is 0 Å². The van der Waals surface area contributed by atoms with Crippen LogP contribution in [0, 0.1) is 17.7 Å². The molecular weight excluding hydrogens is 369 g/mol. The monoisotopic (exact) mass is 394 g/mol. The maximum atomic E-state index is 14.8. The number of hydrogen-bond donors (Lipinski definition) is 0. The van der Waals surface area contributed by atoms with Crippen LogP contribution in [0.2, 0.25) is 5.02 Å². The third kappa shape index (κ3) is 5.07. The van der Waals surface area contributed by atoms with Crippen molar-refractivity contribution in [2.45, 2.75) is 57.8 Å². The third-order valence-electron chi connectivity index (χ3n) is 5.79. The van der Waals surface area contributed by atoms with Gasteiger partial charge in [-0.05, 0) is 60.4 Å². The van der Waals surface area contributed by atoms with Crippen LogP contribution in [0.15, 0.2) is 42.5 Å². The summed E-state index contributed by atoms with van der Waals surface area (Å²) in [6.45, 7) is 2.16. The summed E-state index contributed by atoms with van der Waals surface area (Å²) in [7, 11) is 0. The highest BCUT2D eigenvalue weighted by molar-refractivity contribution is 6.30. The van der Waals surface area contributed by atoms with Crippen LogP contribution in [0.25, 0.3) is 11.1 Å². The zero-order valence-corrected chi connectivity index (χ0v) is 16.4. The highest BCUT2D eigenvalue weighted by atomic mass is 35.5. The topological polar surface area (TPSA) is 0 Å². The molecule has 0 saturated heterocycles. The van der Waals surface area contributed by atoms with Gasteiger partial charge in [-0.15, -0.1) is 0 Å². The molecule has 0 atom stereocenters. The summed E-state index contributed by atoms with van der Waals surface area (Å²) in [5, 5.41) is 0.0728. The molecule has 0 aliphatic heterocycles. The number of alkyl halides is 2. The smallest absolute Gasteiger partial charge is 0.206 e. The molecular formula is C23H26ClF3. The van der Waals surface area contributed by atoms with Gasteiger partial charge in [0.15, 0.2) is 0 Å². The van der Waals surface area contributed by atoms with E-state index in [1.54, 1.807) is 30.3 Å². The maximum Gasteiger partial charge on any atom is 0.254 e. The zero-order valence-electron chi connectivity index (χ0n) is 15.7. The molecule has 1 aliphatic carbocycles. The lowest BCUT2D eigenvalue weighted by molar-refractivity contribution is -0.0745. The first-order chi connectivity index (χ1) is 12.9. The van der Waals surface area contributed by atoms with E-state index < -0.39 is 17.7 Å². The highest BCUT2D eigenvalue weighted by Gasteiger charge is 2.41. The van der Waals surface area contributed by atoms with E-state index >= 15 is 0 Å². The van der Waals surface area contributed by atoms with E-state index in [1.807, 2.05) is 0 Å². The zero-order chi connectivity index (χ0) is 19.4. The van der Waals surface area contributed by atoms with Gasteiger partial charge < -0.3 is 0 Å². The Kier molecular flexibility index (Phi) is 6.52. The van der Waals surface area contributed by atoms with E-state index in [0.717, 1.165) is 31.2 Å². The fourth-order valence-electron chi connectivity index (χ4n) is 4.19. The molecule has 27 heavy (non-hydrogen) atoms. The van der Waals surface area contributed by atoms with E-state index in [2.05, 4.69) is 6.92 Å². The Morgan fingerprint density at radius 3 is 2.19 bits per heavy atom. The highest BCUT2D eigenvalue weighted by Crippen LogP contribution is 2.41. The van der Waals surface area contributed by atoms with Gasteiger partial charge in [0, 0.05) is 12.3 Å². The summed E-state index contributed by atoms with van der Waals surface area (Å²) < 4.78 is 43.1. The van der Waals surface area contributed by atoms with Crippen LogP contribution >= 0.6 is 11.6 Å². The predicted octanol–water partition coefficient (Wildman–Crippen LogP) is 7.93. The van der Waals surface area contributed by atoms with E-state index in [0.29, 0.717) is 29.9 Å². The van der Waals surface area contributed by atoms with Crippen LogP contribution in [0.4, 0.5) is 13.2 Å². The van der Waals surface area contributed by atoms with Crippen molar-refractivity contribution < 1.29 is 13.2 Å². The number of halogens is 4. The molecule has 0 aromatic heterocycles. The quantitative estimate of drug-likeness (QED) is 0.466. The van der Waals surface area contributed by atoms with Crippen LogP contribution in [-0.2, 0) is 6.42 Å². The Balaban J connectivity index is 1.64. The largest absolute Gasteiger partial charge is 0.254 e. The van der Waals surface area contributed by atoms with Crippen LogP contribution in [0.1, 0.15) is 51.0 Å². The van der Waals surface area contributed by atoms with Gasteiger partial charge in [0.1, 0.15) is 5.82 Å². The Morgan fingerprint density at radius 1 is 0.963 bits per heavy atom. The summed E-state index contributed by atoms with van der Waals surface area (Å²) in [5.74, 6) is -3.05. The van der Waals surface area contributed by atoms with Gasteiger partial charge in [-0.3, -0.25) is 0 Å². The molecule has 0 radical (unpaired) electrons. The predicted molar refractivity (Wildman–Crippen MR) is 106 cm³/mol. The minimum Gasteiger partial charge on any atom is -0.206 e. The number of hydrogen-bond acceptors (Lipinski definition) is 0. The standard InChI is InChI=1S/C23H26ClF3/c1-2-3-16-6-11-20(12-7-16)23(26,27)15-17-4-8-18(9-5-17)19-10-13-21(24)22(25)14-19/h4-5,8-10,13-14,16,20H,2-3,6-7,11-12,15H2,1H3. The van der Waals surface area contributed by atoms with Gasteiger partial charge in [-0.2, -0.15) is 0 Å². The molecule has 0 spiro atoms. The van der Waals surface area contributed by atoms with Gasteiger partial charge in [-0.25, -0.2) is 13.2 Å². The molecule has 2 aromatic carbocycles. The second-order valence-electron chi connectivity index (χ2n) is 7.77. The van der Waals surface area contributed by atoms with Crippen molar-refractivity contribution in [3.8, 4) is 11.1 Å². The Hall–Kier alpha value is -1.48. The first kappa shape index (κ1) is 20.3. The van der Waals surface area contributed by atoms with E-state index in [1.165, 1.54) is 12.1 Å². The van der Waals surface area contributed by atoms with Crippen molar-refractivity contribution in [1.82, 2.24) is 0 Å². The molecule has 0 nitrogen and oxygen atoms in total. The van der Waals surface area contributed by atoms with Crippen molar-refractivity contribution in [2.24, 2.45) is 11.8 Å². The average molecular weight is 395 g/mol. The Bertz CT molecular complexity index is 747. The first-order valence-corrected chi connectivity index (χ1v) is 10.2. The first-order valence-electron chi connectivity index (χ1n) is 9.81. The lowest BCUT2D eigenvalue weighted by atomic mass is 9.76. The summed E-state index contributed by atoms with van der Waals surface area (Å²) in [4.78, 5) is 0. The molecule has 0 bridgehead atoms. The second kappa shape index (κ2) is 8.68. The van der Waals surface area contributed by atoms with Gasteiger partial charge >= 0.3 is 0 Å². The minimum absolute atomic E-state index is 0.0728. The fraction of sp³-hybridized carbons (Fsp3) is 0.478. The fourth-order valence-corrected chi connectivity index (χ4v) is 4.31. The molecule has 1 saturated carbocycles. The van der Waals surface area contributed by atoms with Gasteiger partial charge in [0.25, 0.3) is 5.92 Å². The molecule has 0 heterocycles. The molecule has 0 N–H and O–H groups in total. The van der Waals surface area contributed by atoms with Crippen molar-refractivity contribution >= 4 is 11.6 Å². The van der Waals surface area contributed by atoms with Gasteiger partial charge in [0.2, 0.25) is 0 Å². The van der Waals surface area contributed by atoms with E-state index in [4.69, 9.17) is 11.6 Å². The van der Waals surface area contributed by atoms with Crippen molar-refractivity contribution in [2.75, 3.05) is 0 Å². The summed E-state index contributed by atoms with van der Waals surface area (Å²) in [6.07, 6.45) is 5.16. The number of benzene rings is 2. The van der Waals surface area contributed by atoms with Crippen LogP contribution < -0.4 is 0 Å². The third-order valence-corrected chi connectivity index (χ3v) is 6.09. The molecule has 0 unspecified atom stereocenters. The molecule has 146 valence electrons. The van der Waals surface area contributed by atoms with Crippen molar-refractivity contribution in [1.29, 1.82) is 0 Å². The summed E-state index contributed by atoms with van der Waals surface area (Å²) in [6, 6.07) is 11.6. The second-order valence-corrected chi connectivity index (χ2v) is 8.18. The molecule has 2 aromatic rings.